The molecule has 0 aliphatic carbocycles. The van der Waals surface area contributed by atoms with Crippen LogP contribution in [0.2, 0.25) is 0 Å². The molecule has 0 atom stereocenters. The van der Waals surface area contributed by atoms with E-state index in [1.807, 2.05) is 0 Å². The van der Waals surface area contributed by atoms with Gasteiger partial charge in [0.15, 0.2) is 0 Å². The minimum absolute atomic E-state index is 0.114. The number of nitro benzene ring substituents is 1. The van der Waals surface area contributed by atoms with Gasteiger partial charge in [-0.1, -0.05) is 18.2 Å². The van der Waals surface area contributed by atoms with Gasteiger partial charge in [0.25, 0.3) is 5.69 Å². The molecule has 0 aliphatic rings. The van der Waals surface area contributed by atoms with Crippen LogP contribution in [0.5, 0.6) is 0 Å². The summed E-state index contributed by atoms with van der Waals surface area (Å²) in [7, 11) is 1.72. The molecule has 6 nitrogen and oxygen atoms in total. The fourth-order valence-electron chi connectivity index (χ4n) is 2.07. The van der Waals surface area contributed by atoms with Crippen molar-refractivity contribution >= 4 is 17.1 Å². The third kappa shape index (κ3) is 3.26. The standard InChI is InChI=1S/C14H15FN4O2/c1-18(13-5-3-2-4-11(13)15)9-10-6-7-12(17-16)14(8-10)19(20)21/h2-8,17H,9,16H2,1H3. The van der Waals surface area contributed by atoms with Crippen LogP contribution in [-0.2, 0) is 6.54 Å². The van der Waals surface area contributed by atoms with Crippen LogP contribution in [0.4, 0.5) is 21.5 Å². The van der Waals surface area contributed by atoms with Crippen LogP contribution in [0.1, 0.15) is 5.56 Å². The first-order valence-corrected chi connectivity index (χ1v) is 6.22. The van der Waals surface area contributed by atoms with E-state index < -0.39 is 4.92 Å². The summed E-state index contributed by atoms with van der Waals surface area (Å²) < 4.78 is 13.7. The Morgan fingerprint density at radius 1 is 1.33 bits per heavy atom. The maximum Gasteiger partial charge on any atom is 0.293 e. The predicted octanol–water partition coefficient (Wildman–Crippen LogP) is 2.66. The first-order chi connectivity index (χ1) is 10.0. The Kier molecular flexibility index (Phi) is 4.34. The van der Waals surface area contributed by atoms with E-state index >= 15 is 0 Å². The highest BCUT2D eigenvalue weighted by atomic mass is 19.1. The molecule has 0 fully saturated rings. The van der Waals surface area contributed by atoms with E-state index in [1.54, 1.807) is 36.2 Å². The largest absolute Gasteiger partial charge is 0.368 e. The van der Waals surface area contributed by atoms with Crippen molar-refractivity contribution in [2.45, 2.75) is 6.54 Å². The van der Waals surface area contributed by atoms with Crippen molar-refractivity contribution in [3.8, 4) is 0 Å². The van der Waals surface area contributed by atoms with E-state index in [0.29, 0.717) is 17.8 Å². The molecule has 0 aromatic heterocycles. The Hall–Kier alpha value is -2.67. The van der Waals surface area contributed by atoms with Gasteiger partial charge in [0.2, 0.25) is 0 Å². The van der Waals surface area contributed by atoms with E-state index in [9.17, 15) is 14.5 Å². The van der Waals surface area contributed by atoms with Gasteiger partial charge in [-0.15, -0.1) is 0 Å². The van der Waals surface area contributed by atoms with Crippen LogP contribution >= 0.6 is 0 Å². The minimum atomic E-state index is -0.512. The molecule has 0 bridgehead atoms. The minimum Gasteiger partial charge on any atom is -0.368 e. The summed E-state index contributed by atoms with van der Waals surface area (Å²) in [6.45, 7) is 0.340. The lowest BCUT2D eigenvalue weighted by Crippen LogP contribution is -2.18. The summed E-state index contributed by atoms with van der Waals surface area (Å²) in [6.07, 6.45) is 0. The molecule has 110 valence electrons. The number of nitrogen functional groups attached to an aromatic ring is 1. The van der Waals surface area contributed by atoms with Crippen molar-refractivity contribution < 1.29 is 9.31 Å². The van der Waals surface area contributed by atoms with E-state index in [1.165, 1.54) is 18.2 Å². The highest BCUT2D eigenvalue weighted by Gasteiger charge is 2.15. The number of nitro groups is 1. The monoisotopic (exact) mass is 290 g/mol. The normalized spacial score (nSPS) is 10.2. The third-order valence-corrected chi connectivity index (χ3v) is 3.10. The fourth-order valence-corrected chi connectivity index (χ4v) is 2.07. The maximum atomic E-state index is 13.7. The van der Waals surface area contributed by atoms with Gasteiger partial charge in [-0.3, -0.25) is 16.0 Å². The summed E-state index contributed by atoms with van der Waals surface area (Å²) in [5.41, 5.74) is 3.52. The summed E-state index contributed by atoms with van der Waals surface area (Å²) in [6, 6.07) is 11.0. The van der Waals surface area contributed by atoms with Gasteiger partial charge in [0.1, 0.15) is 11.5 Å². The SMILES string of the molecule is CN(Cc1ccc(NN)c([N+](=O)[O-])c1)c1ccccc1F. The Balaban J connectivity index is 2.26. The lowest BCUT2D eigenvalue weighted by molar-refractivity contribution is -0.384. The van der Waals surface area contributed by atoms with Crippen LogP contribution in [-0.4, -0.2) is 12.0 Å². The molecule has 7 heteroatoms. The lowest BCUT2D eigenvalue weighted by atomic mass is 10.1. The number of anilines is 2. The van der Waals surface area contributed by atoms with Gasteiger partial charge >= 0.3 is 0 Å². The molecule has 2 rings (SSSR count). The number of halogens is 1. The van der Waals surface area contributed by atoms with Crippen molar-refractivity contribution in [3.05, 3.63) is 64.0 Å². The molecule has 2 aromatic carbocycles. The first-order valence-electron chi connectivity index (χ1n) is 6.22. The molecule has 0 spiro atoms. The van der Waals surface area contributed by atoms with Gasteiger partial charge in [0, 0.05) is 19.7 Å². The van der Waals surface area contributed by atoms with Crippen LogP contribution in [0, 0.1) is 15.9 Å². The Bertz CT molecular complexity index is 663. The molecule has 0 aliphatic heterocycles. The van der Waals surface area contributed by atoms with E-state index in [2.05, 4.69) is 5.43 Å². The van der Waals surface area contributed by atoms with Crippen molar-refractivity contribution in [3.63, 3.8) is 0 Å². The predicted molar refractivity (Wildman–Crippen MR) is 79.4 cm³/mol. The molecular weight excluding hydrogens is 275 g/mol. The lowest BCUT2D eigenvalue weighted by Gasteiger charge is -2.20. The van der Waals surface area contributed by atoms with Gasteiger partial charge < -0.3 is 10.3 Å². The molecule has 21 heavy (non-hydrogen) atoms. The van der Waals surface area contributed by atoms with Crippen molar-refractivity contribution in [1.29, 1.82) is 0 Å². The number of hydrogen-bond acceptors (Lipinski definition) is 5. The number of nitrogens with two attached hydrogens (primary N) is 1. The van der Waals surface area contributed by atoms with E-state index in [0.717, 1.165) is 0 Å². The molecule has 0 saturated heterocycles. The average molecular weight is 290 g/mol. The van der Waals surface area contributed by atoms with Gasteiger partial charge in [-0.25, -0.2) is 4.39 Å². The zero-order chi connectivity index (χ0) is 15.4. The number of nitrogens with zero attached hydrogens (tertiary/aromatic N) is 2. The highest BCUT2D eigenvalue weighted by molar-refractivity contribution is 5.62. The van der Waals surface area contributed by atoms with Gasteiger partial charge in [-0.05, 0) is 23.8 Å². The van der Waals surface area contributed by atoms with Crippen molar-refractivity contribution in [2.24, 2.45) is 5.84 Å². The quantitative estimate of drug-likeness (QED) is 0.502. The number of hydrogen-bond donors (Lipinski definition) is 2. The first kappa shape index (κ1) is 14.7. The van der Waals surface area contributed by atoms with Gasteiger partial charge in [0.05, 0.1) is 10.6 Å². The Labute approximate surface area is 121 Å². The Morgan fingerprint density at radius 2 is 2.05 bits per heavy atom. The van der Waals surface area contributed by atoms with Crippen LogP contribution in [0.3, 0.4) is 0 Å². The summed E-state index contributed by atoms with van der Waals surface area (Å²) in [5, 5.41) is 11.0. The number of rotatable bonds is 5. The third-order valence-electron chi connectivity index (χ3n) is 3.10. The van der Waals surface area contributed by atoms with Gasteiger partial charge in [-0.2, -0.15) is 0 Å². The molecule has 2 aromatic rings. The number of nitrogens with one attached hydrogen (secondary N) is 1. The van der Waals surface area contributed by atoms with E-state index in [4.69, 9.17) is 5.84 Å². The molecule has 3 N–H and O–H groups in total. The van der Waals surface area contributed by atoms with E-state index in [-0.39, 0.29) is 17.2 Å². The molecule has 0 radical (unpaired) electrons. The maximum absolute atomic E-state index is 13.7. The highest BCUT2D eigenvalue weighted by Crippen LogP contribution is 2.26. The van der Waals surface area contributed by atoms with Crippen molar-refractivity contribution in [2.75, 3.05) is 17.4 Å². The average Bonchev–Trinajstić information content (AvgIpc) is 2.47. The molecule has 0 unspecified atom stereocenters. The molecule has 0 saturated carbocycles. The zero-order valence-corrected chi connectivity index (χ0v) is 11.4. The fraction of sp³-hybridized carbons (Fsp3) is 0.143. The number of para-hydroxylation sites is 1. The zero-order valence-electron chi connectivity index (χ0n) is 11.4. The van der Waals surface area contributed by atoms with Crippen LogP contribution < -0.4 is 16.2 Å². The van der Waals surface area contributed by atoms with Crippen LogP contribution in [0.15, 0.2) is 42.5 Å². The summed E-state index contributed by atoms with van der Waals surface area (Å²) in [5.74, 6) is 4.90. The smallest absolute Gasteiger partial charge is 0.293 e. The molecular formula is C14H15FN4O2. The second-order valence-corrected chi connectivity index (χ2v) is 4.56. The van der Waals surface area contributed by atoms with Crippen LogP contribution in [0.25, 0.3) is 0 Å². The topological polar surface area (TPSA) is 84.4 Å². The second-order valence-electron chi connectivity index (χ2n) is 4.56. The number of benzene rings is 2. The molecule has 0 amide bonds. The molecule has 0 heterocycles. The summed E-state index contributed by atoms with van der Waals surface area (Å²) in [4.78, 5) is 12.2. The summed E-state index contributed by atoms with van der Waals surface area (Å²) >= 11 is 0. The second kappa shape index (κ2) is 6.19. The van der Waals surface area contributed by atoms with Crippen molar-refractivity contribution in [1.82, 2.24) is 0 Å². The Morgan fingerprint density at radius 3 is 2.67 bits per heavy atom. The number of hydrazine groups is 1.